The molecule has 0 radical (unpaired) electrons. The van der Waals surface area contributed by atoms with Crippen molar-refractivity contribution in [3.05, 3.63) is 24.0 Å². The number of nitriles is 1. The normalized spacial score (nSPS) is 10.2. The molecule has 0 aliphatic heterocycles. The zero-order chi connectivity index (χ0) is 16.5. The fourth-order valence-electron chi connectivity index (χ4n) is 2.76. The lowest BCUT2D eigenvalue weighted by Crippen LogP contribution is -1.94. The standard InChI is InChI=1S/C19H35N.CHN/c1-3-5-7-8-9-10-11-12-13-16-20-17-15-19(18-20)14-6-4-2;1-2/h15,17-18H,3-14,16H2,1-2H3;1H. The van der Waals surface area contributed by atoms with Crippen LogP contribution in [0.4, 0.5) is 0 Å². The van der Waals surface area contributed by atoms with E-state index in [0.29, 0.717) is 0 Å². The Morgan fingerprint density at radius 2 is 1.36 bits per heavy atom. The second-order valence-corrected chi connectivity index (χ2v) is 6.19. The third kappa shape index (κ3) is 11.4. The van der Waals surface area contributed by atoms with E-state index in [0.717, 1.165) is 0 Å². The Balaban J connectivity index is 0.00000211. The Labute approximate surface area is 138 Å². The molecule has 22 heavy (non-hydrogen) atoms. The van der Waals surface area contributed by atoms with Gasteiger partial charge in [-0.05, 0) is 30.9 Å². The van der Waals surface area contributed by atoms with E-state index in [1.807, 2.05) is 0 Å². The van der Waals surface area contributed by atoms with Crippen LogP contribution in [0.3, 0.4) is 0 Å². The molecule has 1 heterocycles. The first-order valence-corrected chi connectivity index (χ1v) is 9.27. The second-order valence-electron chi connectivity index (χ2n) is 6.19. The molecule has 0 saturated carbocycles. The molecule has 1 aromatic rings. The summed E-state index contributed by atoms with van der Waals surface area (Å²) in [7, 11) is 0. The fraction of sp³-hybridized carbons (Fsp3) is 0.750. The van der Waals surface area contributed by atoms with Crippen molar-refractivity contribution in [2.75, 3.05) is 0 Å². The van der Waals surface area contributed by atoms with Crippen LogP contribution in [-0.4, -0.2) is 4.57 Å². The van der Waals surface area contributed by atoms with Crippen molar-refractivity contribution in [1.82, 2.24) is 4.57 Å². The van der Waals surface area contributed by atoms with E-state index in [4.69, 9.17) is 5.26 Å². The SMILES string of the molecule is C#N.CCCCCCCCCCCn1ccc(CCCC)c1. The fourth-order valence-corrected chi connectivity index (χ4v) is 2.76. The highest BCUT2D eigenvalue weighted by molar-refractivity contribution is 5.10. The van der Waals surface area contributed by atoms with Gasteiger partial charge in [0.1, 0.15) is 0 Å². The van der Waals surface area contributed by atoms with Crippen molar-refractivity contribution in [1.29, 1.82) is 5.26 Å². The summed E-state index contributed by atoms with van der Waals surface area (Å²) < 4.78 is 2.38. The minimum Gasteiger partial charge on any atom is -0.354 e. The van der Waals surface area contributed by atoms with Gasteiger partial charge in [0.05, 0.1) is 0 Å². The third-order valence-electron chi connectivity index (χ3n) is 4.15. The maximum atomic E-state index is 6.50. The van der Waals surface area contributed by atoms with Crippen LogP contribution in [0.5, 0.6) is 0 Å². The minimum absolute atomic E-state index is 1.21. The van der Waals surface area contributed by atoms with Gasteiger partial charge in [0.25, 0.3) is 0 Å². The average molecular weight is 305 g/mol. The van der Waals surface area contributed by atoms with E-state index >= 15 is 0 Å². The molecule has 2 heteroatoms. The number of aryl methyl sites for hydroxylation is 2. The van der Waals surface area contributed by atoms with Crippen molar-refractivity contribution < 1.29 is 0 Å². The van der Waals surface area contributed by atoms with Crippen molar-refractivity contribution >= 4 is 0 Å². The first-order valence-electron chi connectivity index (χ1n) is 9.27. The molecule has 0 unspecified atom stereocenters. The largest absolute Gasteiger partial charge is 0.354 e. The lowest BCUT2D eigenvalue weighted by molar-refractivity contribution is 0.539. The van der Waals surface area contributed by atoms with E-state index in [1.165, 1.54) is 89.2 Å². The molecule has 126 valence electrons. The van der Waals surface area contributed by atoms with Gasteiger partial charge in [0.15, 0.2) is 0 Å². The van der Waals surface area contributed by atoms with Crippen LogP contribution < -0.4 is 0 Å². The highest BCUT2D eigenvalue weighted by atomic mass is 14.9. The summed E-state index contributed by atoms with van der Waals surface area (Å²) in [5.41, 5.74) is 1.52. The van der Waals surface area contributed by atoms with Gasteiger partial charge in [-0.25, -0.2) is 5.26 Å². The van der Waals surface area contributed by atoms with Crippen LogP contribution in [0.25, 0.3) is 0 Å². The molecule has 0 fully saturated rings. The van der Waals surface area contributed by atoms with Gasteiger partial charge in [0, 0.05) is 25.5 Å². The van der Waals surface area contributed by atoms with Crippen molar-refractivity contribution in [2.24, 2.45) is 0 Å². The summed E-state index contributed by atoms with van der Waals surface area (Å²) in [6.45, 7) is 9.26. The molecule has 2 nitrogen and oxygen atoms in total. The minimum atomic E-state index is 1.21. The lowest BCUT2D eigenvalue weighted by Gasteiger charge is -2.04. The molecular formula is C20H36N2. The number of rotatable bonds is 13. The molecular weight excluding hydrogens is 268 g/mol. The van der Waals surface area contributed by atoms with E-state index in [1.54, 1.807) is 0 Å². The average Bonchev–Trinajstić information content (AvgIpc) is 3.01. The predicted molar refractivity (Wildman–Crippen MR) is 96.9 cm³/mol. The molecule has 0 saturated heterocycles. The number of hydrogen-bond donors (Lipinski definition) is 0. The van der Waals surface area contributed by atoms with Gasteiger partial charge in [-0.3, -0.25) is 0 Å². The van der Waals surface area contributed by atoms with Crippen LogP contribution in [0, 0.1) is 11.8 Å². The maximum absolute atomic E-state index is 6.50. The number of aromatic nitrogens is 1. The van der Waals surface area contributed by atoms with Gasteiger partial charge in [0.2, 0.25) is 0 Å². The Bertz CT molecular complexity index is 352. The van der Waals surface area contributed by atoms with E-state index in [2.05, 4.69) is 43.4 Å². The van der Waals surface area contributed by atoms with Gasteiger partial charge in [-0.15, -0.1) is 0 Å². The monoisotopic (exact) mass is 304 g/mol. The van der Waals surface area contributed by atoms with Gasteiger partial charge >= 0.3 is 0 Å². The van der Waals surface area contributed by atoms with Gasteiger partial charge in [-0.2, -0.15) is 0 Å². The van der Waals surface area contributed by atoms with E-state index in [-0.39, 0.29) is 0 Å². The molecule has 1 aromatic heterocycles. The van der Waals surface area contributed by atoms with Crippen LogP contribution in [0.2, 0.25) is 0 Å². The summed E-state index contributed by atoms with van der Waals surface area (Å²) in [6, 6.07) is 2.30. The second kappa shape index (κ2) is 16.1. The molecule has 0 bridgehead atoms. The molecule has 0 aromatic carbocycles. The third-order valence-corrected chi connectivity index (χ3v) is 4.15. The summed E-state index contributed by atoms with van der Waals surface area (Å²) in [6.07, 6.45) is 21.2. The number of unbranched alkanes of at least 4 members (excludes halogenated alkanes) is 9. The number of hydrogen-bond acceptors (Lipinski definition) is 1. The smallest absolute Gasteiger partial charge is 0.0462 e. The van der Waals surface area contributed by atoms with Crippen LogP contribution in [0.15, 0.2) is 18.5 Å². The highest BCUT2D eigenvalue weighted by Crippen LogP contribution is 2.11. The topological polar surface area (TPSA) is 28.7 Å². The van der Waals surface area contributed by atoms with Gasteiger partial charge in [-0.1, -0.05) is 71.6 Å². The predicted octanol–water partition coefficient (Wildman–Crippen LogP) is 6.50. The zero-order valence-electron chi connectivity index (χ0n) is 14.9. The Kier molecular flexibility index (Phi) is 15.2. The molecule has 0 amide bonds. The highest BCUT2D eigenvalue weighted by Gasteiger charge is 1.97. The zero-order valence-corrected chi connectivity index (χ0v) is 14.9. The molecule has 0 spiro atoms. The quantitative estimate of drug-likeness (QED) is 0.382. The lowest BCUT2D eigenvalue weighted by atomic mass is 10.1. The van der Waals surface area contributed by atoms with Crippen molar-refractivity contribution in [2.45, 2.75) is 97.4 Å². The molecule has 0 N–H and O–H groups in total. The number of nitrogens with zero attached hydrogens (tertiary/aromatic N) is 2. The Morgan fingerprint density at radius 1 is 0.818 bits per heavy atom. The van der Waals surface area contributed by atoms with Crippen LogP contribution in [-0.2, 0) is 13.0 Å². The summed E-state index contributed by atoms with van der Waals surface area (Å²) in [5, 5.41) is 6.50. The first-order chi connectivity index (χ1) is 10.9. The summed E-state index contributed by atoms with van der Waals surface area (Å²) in [4.78, 5) is 0. The molecule has 0 aliphatic rings. The molecule has 1 rings (SSSR count). The van der Waals surface area contributed by atoms with Crippen molar-refractivity contribution in [3.63, 3.8) is 0 Å². The Hall–Kier alpha value is -1.23. The molecule has 0 atom stereocenters. The van der Waals surface area contributed by atoms with Crippen molar-refractivity contribution in [3.8, 4) is 6.57 Å². The summed E-state index contributed by atoms with van der Waals surface area (Å²) in [5.74, 6) is 0. The van der Waals surface area contributed by atoms with Gasteiger partial charge < -0.3 is 4.57 Å². The van der Waals surface area contributed by atoms with Crippen LogP contribution >= 0.6 is 0 Å². The maximum Gasteiger partial charge on any atom is 0.0462 e. The van der Waals surface area contributed by atoms with E-state index < -0.39 is 0 Å². The van der Waals surface area contributed by atoms with Crippen LogP contribution in [0.1, 0.15) is 90.0 Å². The first kappa shape index (κ1) is 20.8. The molecule has 0 aliphatic carbocycles. The Morgan fingerprint density at radius 3 is 1.95 bits per heavy atom. The van der Waals surface area contributed by atoms with E-state index in [9.17, 15) is 0 Å². The summed E-state index contributed by atoms with van der Waals surface area (Å²) >= 11 is 0.